The zero-order valence-corrected chi connectivity index (χ0v) is 40.5. The molecule has 0 bridgehead atoms. The van der Waals surface area contributed by atoms with Gasteiger partial charge in [-0.15, -0.1) is 11.3 Å². The van der Waals surface area contributed by atoms with Crippen molar-refractivity contribution in [2.75, 3.05) is 9.80 Å². The third-order valence-electron chi connectivity index (χ3n) is 14.2. The van der Waals surface area contributed by atoms with E-state index < -0.39 is 0 Å². The van der Waals surface area contributed by atoms with Crippen LogP contribution in [0.15, 0.2) is 243 Å². The van der Waals surface area contributed by atoms with Gasteiger partial charge >= 0.3 is 0 Å². The summed E-state index contributed by atoms with van der Waals surface area (Å²) in [6, 6.07) is 81.4. The predicted octanol–water partition coefficient (Wildman–Crippen LogP) is 18.4. The van der Waals surface area contributed by atoms with Gasteiger partial charge in [0.25, 0.3) is 0 Å². The molecule has 5 heteroatoms. The first-order valence-electron chi connectivity index (χ1n) is 24.8. The number of fused-ring (bicyclic) bond motifs is 8. The highest BCUT2D eigenvalue weighted by Gasteiger charge is 2.25. The zero-order valence-electron chi connectivity index (χ0n) is 39.7. The largest absolute Gasteiger partial charge is 0.308 e. The summed E-state index contributed by atoms with van der Waals surface area (Å²) < 4.78 is 37.5. The van der Waals surface area contributed by atoms with Crippen LogP contribution in [0, 0.1) is 11.6 Å². The molecule has 13 rings (SSSR count). The molecule has 0 fully saturated rings. The lowest BCUT2D eigenvalue weighted by Crippen LogP contribution is -2.28. The van der Waals surface area contributed by atoms with Crippen molar-refractivity contribution in [2.24, 2.45) is 0 Å². The van der Waals surface area contributed by atoms with Crippen LogP contribution in [0.4, 0.5) is 42.9 Å². The Hall–Kier alpha value is -8.90. The molecule has 0 spiro atoms. The fraction of sp³-hybridized carbons (Fsp3) is 0.0294. The van der Waals surface area contributed by atoms with Crippen molar-refractivity contribution >= 4 is 88.6 Å². The van der Waals surface area contributed by atoms with Gasteiger partial charge in [0, 0.05) is 59.4 Å². The lowest BCUT2D eigenvalue weighted by Gasteiger charge is -2.28. The Labute approximate surface area is 426 Å². The molecule has 348 valence electrons. The number of anilines is 6. The summed E-state index contributed by atoms with van der Waals surface area (Å²) in [6.07, 6.45) is 6.62. The molecule has 0 aliphatic heterocycles. The molecule has 0 radical (unpaired) electrons. The highest BCUT2D eigenvalue weighted by Crippen LogP contribution is 2.47. The minimum atomic E-state index is -0.292. The second-order valence-electron chi connectivity index (χ2n) is 18.5. The molecule has 2 nitrogen and oxygen atoms in total. The molecular weight excluding hydrogens is 915 g/mol. The van der Waals surface area contributed by atoms with Crippen LogP contribution in [0.1, 0.15) is 12.8 Å². The number of hydrogen-bond donors (Lipinski definition) is 0. The number of thiophene rings is 1. The maximum Gasteiger partial charge on any atom is 0.155 e. The van der Waals surface area contributed by atoms with Crippen LogP contribution in [0.5, 0.6) is 0 Å². The Balaban J connectivity index is 1.01. The molecule has 0 N–H and O–H groups in total. The maximum absolute atomic E-state index is 17.6. The first-order valence-corrected chi connectivity index (χ1v) is 25.6. The van der Waals surface area contributed by atoms with Crippen LogP contribution >= 0.6 is 11.3 Å². The number of para-hydroxylation sites is 2. The fourth-order valence-electron chi connectivity index (χ4n) is 10.7. The SMILES string of the molecule is Fc1c(-c2ccccc2)cc(-c2ccccc2)cc1N(c1ccccc1)c1ccc2c(c1)sc1c3ccc(N(c4ccccc4)c4cc(-c5ccccc5)cc(-c5ccccc5)c4F)cc3c3c(c21)=CCCC=3. The normalized spacial score (nSPS) is 12.1. The smallest absolute Gasteiger partial charge is 0.155 e. The zero-order chi connectivity index (χ0) is 48.8. The number of halogens is 2. The van der Waals surface area contributed by atoms with Crippen molar-refractivity contribution in [3.8, 4) is 44.5 Å². The van der Waals surface area contributed by atoms with Crippen LogP contribution in [0.3, 0.4) is 0 Å². The summed E-state index contributed by atoms with van der Waals surface area (Å²) in [5, 5.41) is 7.04. The third kappa shape index (κ3) is 7.95. The van der Waals surface area contributed by atoms with Gasteiger partial charge in [0.2, 0.25) is 0 Å². The second kappa shape index (κ2) is 18.7. The summed E-state index contributed by atoms with van der Waals surface area (Å²) >= 11 is 1.77. The van der Waals surface area contributed by atoms with Crippen LogP contribution in [0.25, 0.3) is 87.6 Å². The van der Waals surface area contributed by atoms with E-state index in [0.717, 1.165) is 89.8 Å². The average molecular weight is 961 g/mol. The van der Waals surface area contributed by atoms with E-state index in [1.165, 1.54) is 20.5 Å². The summed E-state index contributed by atoms with van der Waals surface area (Å²) in [6.45, 7) is 0. The van der Waals surface area contributed by atoms with Crippen molar-refractivity contribution in [1.82, 2.24) is 0 Å². The van der Waals surface area contributed by atoms with Gasteiger partial charge in [0.05, 0.1) is 11.4 Å². The first kappa shape index (κ1) is 44.1. The number of rotatable bonds is 10. The second-order valence-corrected chi connectivity index (χ2v) is 19.6. The van der Waals surface area contributed by atoms with Gasteiger partial charge in [-0.1, -0.05) is 182 Å². The molecule has 0 saturated carbocycles. The van der Waals surface area contributed by atoms with Crippen LogP contribution < -0.4 is 20.2 Å². The molecule has 0 atom stereocenters. The highest BCUT2D eigenvalue weighted by molar-refractivity contribution is 7.26. The van der Waals surface area contributed by atoms with Gasteiger partial charge in [-0.3, -0.25) is 0 Å². The lowest BCUT2D eigenvalue weighted by atomic mass is 9.95. The molecular formula is C68H46F2N2S. The molecule has 11 aromatic carbocycles. The van der Waals surface area contributed by atoms with Gasteiger partial charge in [-0.05, 0) is 135 Å². The summed E-state index contributed by atoms with van der Waals surface area (Å²) in [5.41, 5.74) is 11.0. The van der Waals surface area contributed by atoms with Gasteiger partial charge in [0.1, 0.15) is 0 Å². The fourth-order valence-corrected chi connectivity index (χ4v) is 12.0. The minimum Gasteiger partial charge on any atom is -0.308 e. The van der Waals surface area contributed by atoms with Gasteiger partial charge < -0.3 is 9.80 Å². The van der Waals surface area contributed by atoms with E-state index in [0.29, 0.717) is 22.5 Å². The molecule has 0 unspecified atom stereocenters. The summed E-state index contributed by atoms with van der Waals surface area (Å²) in [5.74, 6) is -0.584. The van der Waals surface area contributed by atoms with Crippen molar-refractivity contribution < 1.29 is 8.78 Å². The molecule has 0 amide bonds. The van der Waals surface area contributed by atoms with E-state index in [2.05, 4.69) is 82.6 Å². The van der Waals surface area contributed by atoms with E-state index in [4.69, 9.17) is 0 Å². The summed E-state index contributed by atoms with van der Waals surface area (Å²) in [4.78, 5) is 4.13. The van der Waals surface area contributed by atoms with Crippen molar-refractivity contribution in [3.63, 3.8) is 0 Å². The Morgan fingerprint density at radius 1 is 0.329 bits per heavy atom. The molecule has 1 aliphatic rings. The Bertz CT molecular complexity index is 4140. The number of nitrogens with zero attached hydrogens (tertiary/aromatic N) is 2. The highest BCUT2D eigenvalue weighted by atomic mass is 32.1. The van der Waals surface area contributed by atoms with Gasteiger partial charge in [0.15, 0.2) is 11.6 Å². The topological polar surface area (TPSA) is 6.48 Å². The van der Waals surface area contributed by atoms with Crippen LogP contribution in [0.2, 0.25) is 0 Å². The predicted molar refractivity (Wildman–Crippen MR) is 305 cm³/mol. The van der Waals surface area contributed by atoms with E-state index in [1.807, 2.05) is 182 Å². The molecule has 1 heterocycles. The van der Waals surface area contributed by atoms with Crippen molar-refractivity contribution in [3.05, 3.63) is 265 Å². The number of benzene rings is 11. The van der Waals surface area contributed by atoms with Crippen LogP contribution in [-0.2, 0) is 0 Å². The average Bonchev–Trinajstić information content (AvgIpc) is 3.85. The Morgan fingerprint density at radius 3 is 1.22 bits per heavy atom. The number of hydrogen-bond acceptors (Lipinski definition) is 3. The molecule has 1 aromatic heterocycles. The lowest BCUT2D eigenvalue weighted by molar-refractivity contribution is 0.632. The quantitative estimate of drug-likeness (QED) is 0.135. The van der Waals surface area contributed by atoms with Crippen LogP contribution in [-0.4, -0.2) is 0 Å². The monoisotopic (exact) mass is 960 g/mol. The van der Waals surface area contributed by atoms with Crippen molar-refractivity contribution in [1.29, 1.82) is 0 Å². The van der Waals surface area contributed by atoms with E-state index >= 15 is 8.78 Å². The van der Waals surface area contributed by atoms with Gasteiger partial charge in [-0.2, -0.15) is 0 Å². The Kier molecular flexibility index (Phi) is 11.3. The molecule has 1 aliphatic carbocycles. The maximum atomic E-state index is 17.6. The molecule has 0 saturated heterocycles. The Morgan fingerprint density at radius 2 is 0.740 bits per heavy atom. The van der Waals surface area contributed by atoms with Gasteiger partial charge in [-0.25, -0.2) is 8.78 Å². The molecule has 12 aromatic rings. The van der Waals surface area contributed by atoms with E-state index in [-0.39, 0.29) is 11.6 Å². The standard InChI is InChI=1S/C68H46F2N2S/c69-66-59(47-25-11-3-12-26-47)39-49(45-21-7-1-8-22-45)41-62(66)71(51-29-15-5-16-30-51)53-35-37-57-61(43-53)55-33-19-20-34-56(55)65-58-38-36-54(44-64(58)73-68(57)65)72(52-31-17-6-18-32-52)63-42-50(46-23-9-2-10-24-46)40-60(67(63)70)48-27-13-4-14-28-48/h1-18,21-44H,19-20H2. The molecule has 73 heavy (non-hydrogen) atoms. The van der Waals surface area contributed by atoms with E-state index in [1.54, 1.807) is 11.3 Å². The third-order valence-corrected chi connectivity index (χ3v) is 15.3. The van der Waals surface area contributed by atoms with E-state index in [9.17, 15) is 0 Å². The summed E-state index contributed by atoms with van der Waals surface area (Å²) in [7, 11) is 0. The first-order chi connectivity index (χ1) is 36.1. The van der Waals surface area contributed by atoms with Crippen molar-refractivity contribution in [2.45, 2.75) is 12.8 Å². The minimum absolute atomic E-state index is 0.292.